The fourth-order valence-corrected chi connectivity index (χ4v) is 7.34. The van der Waals surface area contributed by atoms with Gasteiger partial charge in [-0.15, -0.1) is 0 Å². The predicted octanol–water partition coefficient (Wildman–Crippen LogP) is 2.63. The van der Waals surface area contributed by atoms with Crippen LogP contribution in [0, 0.1) is 5.92 Å². The Bertz CT molecular complexity index is 1260. The Morgan fingerprint density at radius 3 is 2.48 bits per heavy atom. The summed E-state index contributed by atoms with van der Waals surface area (Å²) in [4.78, 5) is 30.3. The minimum atomic E-state index is -4.24. The molecule has 0 aliphatic carbocycles. The number of fused-ring (bicyclic) bond motifs is 1. The van der Waals surface area contributed by atoms with Crippen LogP contribution in [0.3, 0.4) is 0 Å². The van der Waals surface area contributed by atoms with Crippen LogP contribution in [-0.2, 0) is 28.9 Å². The van der Waals surface area contributed by atoms with E-state index in [2.05, 4.69) is 4.98 Å². The van der Waals surface area contributed by atoms with Crippen LogP contribution < -0.4 is 11.2 Å². The molecule has 3 rings (SSSR count). The highest BCUT2D eigenvalue weighted by Gasteiger charge is 2.38. The molecule has 0 spiro atoms. The molecule has 3 aromatic rings. The van der Waals surface area contributed by atoms with Gasteiger partial charge in [-0.2, -0.15) is 0 Å². The molecule has 0 radical (unpaired) electrons. The summed E-state index contributed by atoms with van der Waals surface area (Å²) in [5.74, 6) is 0.125. The molecule has 0 N–H and O–H groups in total. The number of thiophene rings is 1. The van der Waals surface area contributed by atoms with Crippen LogP contribution in [0.2, 0.25) is 0 Å². The van der Waals surface area contributed by atoms with Crippen LogP contribution in [0.15, 0.2) is 39.0 Å². The van der Waals surface area contributed by atoms with Gasteiger partial charge < -0.3 is 0 Å². The van der Waals surface area contributed by atoms with Crippen molar-refractivity contribution >= 4 is 40.4 Å². The van der Waals surface area contributed by atoms with Crippen molar-refractivity contribution in [3.63, 3.8) is 0 Å². The second-order valence-electron chi connectivity index (χ2n) is 6.68. The molecule has 0 fully saturated rings. The first-order chi connectivity index (χ1) is 12.6. The number of halogens is 1. The molecular weight excluding hydrogens is 410 g/mol. The summed E-state index contributed by atoms with van der Waals surface area (Å²) in [6.07, 6.45) is 4.90. The van der Waals surface area contributed by atoms with Crippen molar-refractivity contribution in [1.82, 2.24) is 14.1 Å². The second-order valence-corrected chi connectivity index (χ2v) is 11.0. The zero-order chi connectivity index (χ0) is 20.1. The lowest BCUT2D eigenvalue weighted by atomic mass is 10.2. The maximum absolute atomic E-state index is 12.9. The van der Waals surface area contributed by atoms with Gasteiger partial charge in [-0.3, -0.25) is 14.3 Å². The number of nitrogens with zero attached hydrogens (tertiary/aromatic N) is 3. The summed E-state index contributed by atoms with van der Waals surface area (Å²) in [5.41, 5.74) is -0.567. The standard InChI is InChI=1S/C17H19ClN3O4S2/c1-10(2)9-21-16-12(15(22)20(3)17(21)23)14(27(18,24)25)13(26(16)4)11-6-5-7-19-8-11/h5-8,10H,9H2,1-4H3/q+1. The molecule has 0 aromatic carbocycles. The molecule has 0 saturated heterocycles. The van der Waals surface area contributed by atoms with E-state index in [4.69, 9.17) is 10.7 Å². The third kappa shape index (κ3) is 3.24. The van der Waals surface area contributed by atoms with Gasteiger partial charge in [0.2, 0.25) is 4.88 Å². The van der Waals surface area contributed by atoms with Gasteiger partial charge in [0.05, 0.1) is 5.56 Å². The van der Waals surface area contributed by atoms with Crippen LogP contribution in [0.25, 0.3) is 20.7 Å². The van der Waals surface area contributed by atoms with E-state index >= 15 is 0 Å². The minimum Gasteiger partial charge on any atom is -0.268 e. The molecule has 144 valence electrons. The lowest BCUT2D eigenvalue weighted by Gasteiger charge is -2.09. The van der Waals surface area contributed by atoms with Crippen LogP contribution >= 0.6 is 21.2 Å². The van der Waals surface area contributed by atoms with Crippen LogP contribution in [0.4, 0.5) is 0 Å². The average Bonchev–Trinajstić information content (AvgIpc) is 2.91. The topological polar surface area (TPSA) is 91.0 Å². The van der Waals surface area contributed by atoms with Gasteiger partial charge >= 0.3 is 5.69 Å². The Morgan fingerprint density at radius 1 is 1.30 bits per heavy atom. The average molecular weight is 429 g/mol. The molecule has 10 heteroatoms. The summed E-state index contributed by atoms with van der Waals surface area (Å²) in [6, 6.07) is 3.40. The number of aryl methyl sites for hydroxylation is 1. The Kier molecular flexibility index (Phi) is 5.04. The smallest absolute Gasteiger partial charge is 0.268 e. The Morgan fingerprint density at radius 2 is 1.96 bits per heavy atom. The number of pyridine rings is 1. The molecule has 0 bridgehead atoms. The first-order valence-electron chi connectivity index (χ1n) is 8.15. The lowest BCUT2D eigenvalue weighted by Crippen LogP contribution is -2.38. The Labute approximate surface area is 163 Å². The Hall–Kier alpha value is -1.97. The first-order valence-corrected chi connectivity index (χ1v) is 12.1. The summed E-state index contributed by atoms with van der Waals surface area (Å²) < 4.78 is 27.4. The van der Waals surface area contributed by atoms with Gasteiger partial charge in [0.1, 0.15) is 11.6 Å². The van der Waals surface area contributed by atoms with Gasteiger partial charge in [-0.1, -0.05) is 13.8 Å². The molecule has 0 saturated carbocycles. The van der Waals surface area contributed by atoms with E-state index in [1.54, 1.807) is 24.6 Å². The van der Waals surface area contributed by atoms with Crippen molar-refractivity contribution in [2.75, 3.05) is 0 Å². The fourth-order valence-electron chi connectivity index (χ4n) is 3.17. The highest BCUT2D eigenvalue weighted by atomic mass is 35.7. The normalized spacial score (nSPS) is 12.9. The maximum Gasteiger partial charge on any atom is 0.334 e. The van der Waals surface area contributed by atoms with E-state index in [9.17, 15) is 18.0 Å². The number of aromatic nitrogens is 3. The van der Waals surface area contributed by atoms with Crippen LogP contribution in [0.5, 0.6) is 0 Å². The zero-order valence-electron chi connectivity index (χ0n) is 15.3. The number of rotatable bonds is 4. The van der Waals surface area contributed by atoms with Crippen molar-refractivity contribution in [3.05, 3.63) is 45.4 Å². The molecule has 0 aliphatic rings. The van der Waals surface area contributed by atoms with E-state index < -0.39 is 30.8 Å². The SMILES string of the molecule is CC(C)Cn1c(=O)n(C)c(=O)c2c(S(=O)(=O)Cl)c(-c3cccnc3)[s+](C)c21. The van der Waals surface area contributed by atoms with E-state index in [0.717, 1.165) is 4.57 Å². The molecule has 7 nitrogen and oxygen atoms in total. The molecule has 1 unspecified atom stereocenters. The van der Waals surface area contributed by atoms with Gasteiger partial charge in [0.15, 0.2) is 4.90 Å². The molecule has 1 atom stereocenters. The summed E-state index contributed by atoms with van der Waals surface area (Å²) in [6.45, 7) is 4.26. The third-order valence-electron chi connectivity index (χ3n) is 4.24. The highest BCUT2D eigenvalue weighted by Crippen LogP contribution is 2.46. The van der Waals surface area contributed by atoms with Crippen molar-refractivity contribution in [1.29, 1.82) is 0 Å². The largest absolute Gasteiger partial charge is 0.334 e. The van der Waals surface area contributed by atoms with Crippen LogP contribution in [-0.4, -0.2) is 22.5 Å². The molecule has 3 aromatic heterocycles. The van der Waals surface area contributed by atoms with Crippen molar-refractivity contribution in [3.8, 4) is 10.4 Å². The summed E-state index contributed by atoms with van der Waals surface area (Å²) in [5, 5.41) is -0.0163. The van der Waals surface area contributed by atoms with Crippen molar-refractivity contribution < 1.29 is 8.42 Å². The second kappa shape index (κ2) is 6.88. The zero-order valence-corrected chi connectivity index (χ0v) is 17.7. The van der Waals surface area contributed by atoms with Crippen molar-refractivity contribution in [2.45, 2.75) is 25.3 Å². The first kappa shape index (κ1) is 19.8. The van der Waals surface area contributed by atoms with E-state index in [0.29, 0.717) is 21.8 Å². The molecule has 27 heavy (non-hydrogen) atoms. The minimum absolute atomic E-state index is 0.0163. The lowest BCUT2D eigenvalue weighted by molar-refractivity contribution is 0.504. The fraction of sp³-hybridized carbons (Fsp3) is 0.353. The summed E-state index contributed by atoms with van der Waals surface area (Å²) in [7, 11) is 2.02. The molecule has 3 heterocycles. The molecule has 0 amide bonds. The van der Waals surface area contributed by atoms with Gasteiger partial charge in [-0.25, -0.2) is 17.8 Å². The number of hydrogen-bond acceptors (Lipinski definition) is 5. The maximum atomic E-state index is 12.9. The van der Waals surface area contributed by atoms with E-state index in [-0.39, 0.29) is 16.2 Å². The van der Waals surface area contributed by atoms with Gasteiger partial charge in [0.25, 0.3) is 19.4 Å². The predicted molar refractivity (Wildman–Crippen MR) is 108 cm³/mol. The Balaban J connectivity index is 2.67. The monoisotopic (exact) mass is 428 g/mol. The quantitative estimate of drug-likeness (QED) is 0.470. The highest BCUT2D eigenvalue weighted by molar-refractivity contribution is 8.14. The summed E-state index contributed by atoms with van der Waals surface area (Å²) >= 11 is 0. The van der Waals surface area contributed by atoms with Gasteiger partial charge in [0, 0.05) is 47.1 Å². The van der Waals surface area contributed by atoms with Gasteiger partial charge in [-0.05, 0) is 18.1 Å². The third-order valence-corrected chi connectivity index (χ3v) is 7.78. The van der Waals surface area contributed by atoms with E-state index in [1.165, 1.54) is 17.8 Å². The molecular formula is C17H19ClN3O4S2+. The van der Waals surface area contributed by atoms with Crippen LogP contribution in [0.1, 0.15) is 13.8 Å². The van der Waals surface area contributed by atoms with E-state index in [1.807, 2.05) is 13.8 Å². The molecule has 0 aliphatic heterocycles. The number of hydrogen-bond donors (Lipinski definition) is 0. The van der Waals surface area contributed by atoms with Crippen molar-refractivity contribution in [2.24, 2.45) is 19.2 Å².